The van der Waals surface area contributed by atoms with Crippen LogP contribution in [0.15, 0.2) is 36.4 Å². The summed E-state index contributed by atoms with van der Waals surface area (Å²) >= 11 is 6.08. The molecule has 0 aliphatic heterocycles. The molecule has 0 aliphatic rings. The third kappa shape index (κ3) is 2.20. The molecular weight excluding hydrogens is 302 g/mol. The van der Waals surface area contributed by atoms with E-state index in [-0.39, 0.29) is 0 Å². The van der Waals surface area contributed by atoms with E-state index >= 15 is 0 Å². The number of fused-ring (bicyclic) bond motifs is 3. The minimum Gasteiger partial charge on any atom is -0.387 e. The van der Waals surface area contributed by atoms with Crippen molar-refractivity contribution in [3.63, 3.8) is 0 Å². The third-order valence-corrected chi connectivity index (χ3v) is 4.35. The standard InChI is InChI=1S/C17H18ClNO3/c1-10(20)17(21-2,22-3)11-4-6-13-14-9-12(18)5-7-15(14)19-16(13)8-11/h4-10,19-20H,1-3H3/t10-/m1/s1. The fraction of sp³-hybridized carbons (Fsp3) is 0.294. The number of aromatic nitrogens is 1. The van der Waals surface area contributed by atoms with Gasteiger partial charge >= 0.3 is 0 Å². The molecule has 0 amide bonds. The number of hydrogen-bond donors (Lipinski definition) is 2. The summed E-state index contributed by atoms with van der Waals surface area (Å²) in [5, 5.41) is 12.9. The molecule has 3 aromatic rings. The molecule has 0 bridgehead atoms. The van der Waals surface area contributed by atoms with Crippen LogP contribution < -0.4 is 0 Å². The summed E-state index contributed by atoms with van der Waals surface area (Å²) in [6, 6.07) is 11.6. The van der Waals surface area contributed by atoms with Gasteiger partial charge in [0.05, 0.1) is 0 Å². The van der Waals surface area contributed by atoms with Crippen LogP contribution in [0.1, 0.15) is 12.5 Å². The molecule has 0 spiro atoms. The van der Waals surface area contributed by atoms with E-state index in [0.29, 0.717) is 5.02 Å². The molecule has 1 heterocycles. The molecule has 2 aromatic carbocycles. The zero-order valence-electron chi connectivity index (χ0n) is 12.7. The van der Waals surface area contributed by atoms with Crippen molar-refractivity contribution < 1.29 is 14.6 Å². The lowest BCUT2D eigenvalue weighted by atomic mass is 9.99. The molecule has 2 N–H and O–H groups in total. The van der Waals surface area contributed by atoms with Gasteiger partial charge in [-0.05, 0) is 31.2 Å². The molecule has 4 nitrogen and oxygen atoms in total. The van der Waals surface area contributed by atoms with Crippen LogP contribution in [0.4, 0.5) is 0 Å². The number of aromatic amines is 1. The number of halogens is 1. The quantitative estimate of drug-likeness (QED) is 0.719. The van der Waals surface area contributed by atoms with Crippen molar-refractivity contribution in [3.05, 3.63) is 47.0 Å². The highest BCUT2D eigenvalue weighted by molar-refractivity contribution is 6.31. The summed E-state index contributed by atoms with van der Waals surface area (Å²) in [5.41, 5.74) is 2.69. The molecule has 0 aliphatic carbocycles. The summed E-state index contributed by atoms with van der Waals surface area (Å²) in [5.74, 6) is -1.19. The second-order valence-electron chi connectivity index (χ2n) is 5.33. The molecule has 1 aromatic heterocycles. The van der Waals surface area contributed by atoms with E-state index in [1.807, 2.05) is 36.4 Å². The van der Waals surface area contributed by atoms with Crippen molar-refractivity contribution in [2.24, 2.45) is 0 Å². The van der Waals surface area contributed by atoms with Crippen LogP contribution in [0.5, 0.6) is 0 Å². The second-order valence-corrected chi connectivity index (χ2v) is 5.76. The van der Waals surface area contributed by atoms with Gasteiger partial charge in [0, 0.05) is 46.6 Å². The van der Waals surface area contributed by atoms with Crippen molar-refractivity contribution in [2.45, 2.75) is 18.8 Å². The van der Waals surface area contributed by atoms with E-state index in [1.54, 1.807) is 6.92 Å². The average Bonchev–Trinajstić information content (AvgIpc) is 2.86. The Bertz CT molecular complexity index is 821. The van der Waals surface area contributed by atoms with Crippen LogP contribution >= 0.6 is 11.6 Å². The van der Waals surface area contributed by atoms with Crippen molar-refractivity contribution in [3.8, 4) is 0 Å². The first kappa shape index (κ1) is 15.3. The average molecular weight is 320 g/mol. The SMILES string of the molecule is COC(OC)(c1ccc2c(c1)[nH]c1ccc(Cl)cc12)[C@@H](C)O. The number of methoxy groups -OCH3 is 2. The van der Waals surface area contributed by atoms with Gasteiger partial charge in [-0.1, -0.05) is 23.7 Å². The number of H-pyrrole nitrogens is 1. The van der Waals surface area contributed by atoms with Crippen LogP contribution in [0.25, 0.3) is 21.8 Å². The minimum absolute atomic E-state index is 0.699. The van der Waals surface area contributed by atoms with E-state index in [9.17, 15) is 5.11 Å². The summed E-state index contributed by atoms with van der Waals surface area (Å²) in [6.07, 6.45) is -0.821. The topological polar surface area (TPSA) is 54.5 Å². The molecule has 0 saturated heterocycles. The zero-order chi connectivity index (χ0) is 15.9. The van der Waals surface area contributed by atoms with Crippen molar-refractivity contribution >= 4 is 33.4 Å². The molecule has 5 heteroatoms. The smallest absolute Gasteiger partial charge is 0.221 e. The first-order valence-corrected chi connectivity index (χ1v) is 7.39. The summed E-state index contributed by atoms with van der Waals surface area (Å²) in [4.78, 5) is 3.35. The van der Waals surface area contributed by atoms with Gasteiger partial charge in [0.15, 0.2) is 0 Å². The highest BCUT2D eigenvalue weighted by atomic mass is 35.5. The van der Waals surface area contributed by atoms with Crippen LogP contribution in [-0.2, 0) is 15.3 Å². The van der Waals surface area contributed by atoms with Crippen LogP contribution in [0.3, 0.4) is 0 Å². The normalized spacial score (nSPS) is 13.9. The Labute approximate surface area is 133 Å². The highest BCUT2D eigenvalue weighted by Crippen LogP contribution is 2.34. The van der Waals surface area contributed by atoms with E-state index in [4.69, 9.17) is 21.1 Å². The number of aliphatic hydroxyl groups excluding tert-OH is 1. The van der Waals surface area contributed by atoms with Gasteiger partial charge in [0.2, 0.25) is 5.79 Å². The van der Waals surface area contributed by atoms with Crippen LogP contribution in [0.2, 0.25) is 5.02 Å². The largest absolute Gasteiger partial charge is 0.387 e. The number of nitrogens with one attached hydrogen (secondary N) is 1. The molecule has 22 heavy (non-hydrogen) atoms. The predicted molar refractivity (Wildman–Crippen MR) is 88.2 cm³/mol. The van der Waals surface area contributed by atoms with Gasteiger partial charge in [-0.3, -0.25) is 0 Å². The Kier molecular flexibility index (Phi) is 3.87. The molecule has 0 saturated carbocycles. The van der Waals surface area contributed by atoms with E-state index in [2.05, 4.69) is 4.98 Å². The zero-order valence-corrected chi connectivity index (χ0v) is 13.4. The van der Waals surface area contributed by atoms with Crippen molar-refractivity contribution in [2.75, 3.05) is 14.2 Å². The highest BCUT2D eigenvalue weighted by Gasteiger charge is 2.38. The minimum atomic E-state index is -1.19. The number of benzene rings is 2. The number of ether oxygens (including phenoxy) is 2. The second kappa shape index (κ2) is 5.56. The molecule has 116 valence electrons. The molecule has 0 unspecified atom stereocenters. The maximum absolute atomic E-state index is 10.1. The first-order valence-electron chi connectivity index (χ1n) is 7.01. The fourth-order valence-electron chi connectivity index (χ4n) is 2.99. The molecule has 1 atom stereocenters. The maximum Gasteiger partial charge on any atom is 0.221 e. The van der Waals surface area contributed by atoms with Gasteiger partial charge in [-0.15, -0.1) is 0 Å². The molecule has 0 radical (unpaired) electrons. The Hall–Kier alpha value is -1.59. The molecular formula is C17H18ClNO3. The Morgan fingerprint density at radius 3 is 2.41 bits per heavy atom. The summed E-state index contributed by atoms with van der Waals surface area (Å²) in [7, 11) is 3.04. The fourth-order valence-corrected chi connectivity index (χ4v) is 3.17. The Morgan fingerprint density at radius 1 is 1.05 bits per heavy atom. The lowest BCUT2D eigenvalue weighted by molar-refractivity contribution is -0.264. The van der Waals surface area contributed by atoms with E-state index in [1.165, 1.54) is 14.2 Å². The summed E-state index contributed by atoms with van der Waals surface area (Å²) < 4.78 is 10.9. The number of hydrogen-bond acceptors (Lipinski definition) is 3. The van der Waals surface area contributed by atoms with Gasteiger partial charge < -0.3 is 19.6 Å². The lowest BCUT2D eigenvalue weighted by Gasteiger charge is -2.33. The first-order chi connectivity index (χ1) is 10.5. The van der Waals surface area contributed by atoms with E-state index < -0.39 is 11.9 Å². The predicted octanol–water partition coefficient (Wildman–Crippen LogP) is 3.80. The number of rotatable bonds is 4. The van der Waals surface area contributed by atoms with Crippen LogP contribution in [0, 0.1) is 0 Å². The van der Waals surface area contributed by atoms with E-state index in [0.717, 1.165) is 27.4 Å². The third-order valence-electron chi connectivity index (χ3n) is 4.12. The lowest BCUT2D eigenvalue weighted by Crippen LogP contribution is -2.41. The van der Waals surface area contributed by atoms with Gasteiger partial charge in [0.1, 0.15) is 6.10 Å². The Morgan fingerprint density at radius 2 is 1.77 bits per heavy atom. The van der Waals surface area contributed by atoms with Crippen molar-refractivity contribution in [1.29, 1.82) is 0 Å². The van der Waals surface area contributed by atoms with Crippen molar-refractivity contribution in [1.82, 2.24) is 4.98 Å². The summed E-state index contributed by atoms with van der Waals surface area (Å²) in [6.45, 7) is 1.64. The van der Waals surface area contributed by atoms with Gasteiger partial charge in [0.25, 0.3) is 0 Å². The number of aliphatic hydroxyl groups is 1. The molecule has 0 fully saturated rings. The monoisotopic (exact) mass is 319 g/mol. The van der Waals surface area contributed by atoms with Crippen LogP contribution in [-0.4, -0.2) is 30.4 Å². The Balaban J connectivity index is 2.23. The van der Waals surface area contributed by atoms with Gasteiger partial charge in [-0.2, -0.15) is 0 Å². The molecule has 3 rings (SSSR count). The van der Waals surface area contributed by atoms with Gasteiger partial charge in [-0.25, -0.2) is 0 Å². The maximum atomic E-state index is 10.1.